The number of hydrogen-bond donors (Lipinski definition) is 1. The molecule has 94 valence electrons. The summed E-state index contributed by atoms with van der Waals surface area (Å²) < 4.78 is 5.24. The highest BCUT2D eigenvalue weighted by atomic mass is 32.1. The molecule has 2 aromatic heterocycles. The molecule has 0 saturated carbocycles. The molecule has 3 aromatic rings. The van der Waals surface area contributed by atoms with Crippen LogP contribution in [0.3, 0.4) is 0 Å². The molecule has 0 fully saturated rings. The highest BCUT2D eigenvalue weighted by Gasteiger charge is 2.13. The van der Waals surface area contributed by atoms with Gasteiger partial charge >= 0.3 is 0 Å². The van der Waals surface area contributed by atoms with Gasteiger partial charge in [-0.2, -0.15) is 0 Å². The van der Waals surface area contributed by atoms with Gasteiger partial charge in [0.15, 0.2) is 10.8 Å². The third-order valence-corrected chi connectivity index (χ3v) is 3.40. The minimum atomic E-state index is -0.543. The molecule has 0 atom stereocenters. The van der Waals surface area contributed by atoms with Crippen LogP contribution in [0.5, 0.6) is 0 Å². The van der Waals surface area contributed by atoms with Crippen molar-refractivity contribution in [2.75, 3.05) is 0 Å². The zero-order chi connectivity index (χ0) is 13.2. The van der Waals surface area contributed by atoms with E-state index in [4.69, 9.17) is 10.3 Å². The number of amides is 1. The van der Waals surface area contributed by atoms with E-state index in [2.05, 4.69) is 10.1 Å². The number of thiazole rings is 1. The van der Waals surface area contributed by atoms with E-state index < -0.39 is 5.91 Å². The Balaban J connectivity index is 1.94. The lowest BCUT2D eigenvalue weighted by molar-refractivity contribution is 0.1000. The topological polar surface area (TPSA) is 82.0 Å². The molecular weight excluding hydrogens is 262 g/mol. The van der Waals surface area contributed by atoms with Crippen molar-refractivity contribution >= 4 is 17.2 Å². The van der Waals surface area contributed by atoms with Crippen molar-refractivity contribution in [3.8, 4) is 22.7 Å². The van der Waals surface area contributed by atoms with Gasteiger partial charge in [0.1, 0.15) is 11.4 Å². The molecule has 0 radical (unpaired) electrons. The molecule has 0 aliphatic carbocycles. The van der Waals surface area contributed by atoms with Crippen molar-refractivity contribution in [1.29, 1.82) is 0 Å². The van der Waals surface area contributed by atoms with Gasteiger partial charge in [0.05, 0.1) is 0 Å². The largest absolute Gasteiger partial charge is 0.364 e. The molecule has 0 aliphatic heterocycles. The molecule has 0 bridgehead atoms. The number of carbonyl (C=O) groups is 1. The maximum absolute atomic E-state index is 11.0. The van der Waals surface area contributed by atoms with E-state index >= 15 is 0 Å². The standard InChI is InChI=1S/C13H9N3O2S/c14-12(17)13-15-10(7-19-13)11-6-9(16-18-11)8-4-2-1-3-5-8/h1-7H,(H2,14,17). The highest BCUT2D eigenvalue weighted by molar-refractivity contribution is 7.12. The van der Waals surface area contributed by atoms with Crippen LogP contribution in [-0.4, -0.2) is 16.0 Å². The van der Waals surface area contributed by atoms with Gasteiger partial charge in [-0.3, -0.25) is 4.79 Å². The fraction of sp³-hybridized carbons (Fsp3) is 0. The lowest BCUT2D eigenvalue weighted by Gasteiger charge is -1.91. The van der Waals surface area contributed by atoms with Gasteiger partial charge in [-0.15, -0.1) is 11.3 Å². The Morgan fingerprint density at radius 2 is 2.00 bits per heavy atom. The van der Waals surface area contributed by atoms with E-state index in [0.717, 1.165) is 11.3 Å². The fourth-order valence-electron chi connectivity index (χ4n) is 1.64. The summed E-state index contributed by atoms with van der Waals surface area (Å²) in [7, 11) is 0. The predicted octanol–water partition coefficient (Wildman–Crippen LogP) is 2.56. The summed E-state index contributed by atoms with van der Waals surface area (Å²) in [5, 5.41) is 5.97. The Morgan fingerprint density at radius 1 is 1.21 bits per heavy atom. The second kappa shape index (κ2) is 4.66. The summed E-state index contributed by atoms with van der Waals surface area (Å²) in [6.45, 7) is 0. The zero-order valence-corrected chi connectivity index (χ0v) is 10.6. The molecule has 2 heterocycles. The van der Waals surface area contributed by atoms with Crippen LogP contribution < -0.4 is 5.73 Å². The van der Waals surface area contributed by atoms with Crippen LogP contribution in [0, 0.1) is 0 Å². The van der Waals surface area contributed by atoms with Crippen LogP contribution in [0.2, 0.25) is 0 Å². The zero-order valence-electron chi connectivity index (χ0n) is 9.74. The normalized spacial score (nSPS) is 10.5. The molecule has 0 saturated heterocycles. The highest BCUT2D eigenvalue weighted by Crippen LogP contribution is 2.26. The third kappa shape index (κ3) is 2.25. The maximum Gasteiger partial charge on any atom is 0.277 e. The Bertz CT molecular complexity index is 718. The number of nitrogens with zero attached hydrogens (tertiary/aromatic N) is 2. The summed E-state index contributed by atoms with van der Waals surface area (Å²) in [6, 6.07) is 11.5. The van der Waals surface area contributed by atoms with Crippen LogP contribution in [-0.2, 0) is 0 Å². The molecule has 0 spiro atoms. The quantitative estimate of drug-likeness (QED) is 0.793. The summed E-state index contributed by atoms with van der Waals surface area (Å²) in [5.74, 6) is -0.0262. The molecule has 6 heteroatoms. The van der Waals surface area contributed by atoms with Crippen molar-refractivity contribution in [2.24, 2.45) is 5.73 Å². The minimum Gasteiger partial charge on any atom is -0.364 e. The first-order valence-corrected chi connectivity index (χ1v) is 6.40. The summed E-state index contributed by atoms with van der Waals surface area (Å²) >= 11 is 1.18. The summed E-state index contributed by atoms with van der Waals surface area (Å²) in [4.78, 5) is 15.1. The predicted molar refractivity (Wildman–Crippen MR) is 71.6 cm³/mol. The molecule has 0 unspecified atom stereocenters. The van der Waals surface area contributed by atoms with Crippen LogP contribution in [0.15, 0.2) is 46.3 Å². The van der Waals surface area contributed by atoms with E-state index in [1.54, 1.807) is 11.4 Å². The monoisotopic (exact) mass is 271 g/mol. The van der Waals surface area contributed by atoms with E-state index in [1.165, 1.54) is 11.3 Å². The Morgan fingerprint density at radius 3 is 2.68 bits per heavy atom. The first-order chi connectivity index (χ1) is 9.24. The van der Waals surface area contributed by atoms with Crippen molar-refractivity contribution in [3.05, 3.63) is 46.8 Å². The van der Waals surface area contributed by atoms with Crippen molar-refractivity contribution in [2.45, 2.75) is 0 Å². The average molecular weight is 271 g/mol. The van der Waals surface area contributed by atoms with Gasteiger partial charge in [-0.25, -0.2) is 4.98 Å². The fourth-order valence-corrected chi connectivity index (χ4v) is 2.30. The lowest BCUT2D eigenvalue weighted by Crippen LogP contribution is -2.09. The first-order valence-electron chi connectivity index (χ1n) is 5.52. The van der Waals surface area contributed by atoms with Crippen LogP contribution in [0.25, 0.3) is 22.7 Å². The average Bonchev–Trinajstić information content (AvgIpc) is 3.09. The number of nitrogens with two attached hydrogens (primary N) is 1. The van der Waals surface area contributed by atoms with Crippen LogP contribution in [0.4, 0.5) is 0 Å². The molecule has 2 N–H and O–H groups in total. The number of benzene rings is 1. The van der Waals surface area contributed by atoms with E-state index in [-0.39, 0.29) is 5.01 Å². The van der Waals surface area contributed by atoms with Gasteiger partial charge in [0.25, 0.3) is 5.91 Å². The van der Waals surface area contributed by atoms with E-state index in [9.17, 15) is 4.79 Å². The van der Waals surface area contributed by atoms with Gasteiger partial charge in [0, 0.05) is 17.0 Å². The first kappa shape index (κ1) is 11.6. The SMILES string of the molecule is NC(=O)c1nc(-c2cc(-c3ccccc3)no2)cs1. The number of carbonyl (C=O) groups excluding carboxylic acids is 1. The number of primary amides is 1. The van der Waals surface area contributed by atoms with Gasteiger partial charge in [-0.05, 0) is 0 Å². The molecule has 1 amide bonds. The third-order valence-electron chi connectivity index (χ3n) is 2.55. The lowest BCUT2D eigenvalue weighted by atomic mass is 10.1. The Labute approximate surface area is 112 Å². The van der Waals surface area contributed by atoms with E-state index in [0.29, 0.717) is 11.5 Å². The van der Waals surface area contributed by atoms with Crippen molar-refractivity contribution in [1.82, 2.24) is 10.1 Å². The molecule has 1 aromatic carbocycles. The number of aromatic nitrogens is 2. The Kier molecular flexibility index (Phi) is 2.85. The van der Waals surface area contributed by atoms with Crippen molar-refractivity contribution < 1.29 is 9.32 Å². The molecule has 5 nitrogen and oxygen atoms in total. The van der Waals surface area contributed by atoms with Gasteiger partial charge < -0.3 is 10.3 Å². The second-order valence-corrected chi connectivity index (χ2v) is 4.70. The molecular formula is C13H9N3O2S. The van der Waals surface area contributed by atoms with Gasteiger partial charge in [-0.1, -0.05) is 35.5 Å². The summed E-state index contributed by atoms with van der Waals surface area (Å²) in [5.41, 5.74) is 7.41. The van der Waals surface area contributed by atoms with Crippen molar-refractivity contribution in [3.63, 3.8) is 0 Å². The van der Waals surface area contributed by atoms with E-state index in [1.807, 2.05) is 30.3 Å². The Hall–Kier alpha value is -2.47. The molecule has 19 heavy (non-hydrogen) atoms. The maximum atomic E-state index is 11.0. The second-order valence-electron chi connectivity index (χ2n) is 3.84. The summed E-state index contributed by atoms with van der Waals surface area (Å²) in [6.07, 6.45) is 0. The minimum absolute atomic E-state index is 0.257. The number of rotatable bonds is 3. The molecule has 0 aliphatic rings. The van der Waals surface area contributed by atoms with Gasteiger partial charge in [0.2, 0.25) is 0 Å². The smallest absolute Gasteiger partial charge is 0.277 e. The van der Waals surface area contributed by atoms with Crippen LogP contribution >= 0.6 is 11.3 Å². The molecule has 3 rings (SSSR count). The van der Waals surface area contributed by atoms with Crippen LogP contribution in [0.1, 0.15) is 9.80 Å². The number of hydrogen-bond acceptors (Lipinski definition) is 5.